The first-order valence-electron chi connectivity index (χ1n) is 12.3. The largest absolute Gasteiger partial charge is 0.481 e. The van der Waals surface area contributed by atoms with Crippen LogP contribution in [0.4, 0.5) is 0 Å². The van der Waals surface area contributed by atoms with E-state index in [0.717, 1.165) is 6.92 Å². The Morgan fingerprint density at radius 1 is 0.763 bits per heavy atom. The highest BCUT2D eigenvalue weighted by molar-refractivity contribution is 5.96. The third kappa shape index (κ3) is 11.8. The van der Waals surface area contributed by atoms with Crippen LogP contribution < -0.4 is 27.0 Å². The minimum Gasteiger partial charge on any atom is -0.481 e. The molecular weight excluding hydrogens is 506 g/mol. The molecule has 7 atom stereocenters. The molecule has 4 amide bonds. The van der Waals surface area contributed by atoms with Crippen molar-refractivity contribution < 1.29 is 49.2 Å². The molecule has 15 nitrogen and oxygen atoms in total. The Labute approximate surface area is 220 Å². The van der Waals surface area contributed by atoms with Crippen molar-refractivity contribution in [1.82, 2.24) is 21.3 Å². The van der Waals surface area contributed by atoms with Gasteiger partial charge in [-0.1, -0.05) is 34.1 Å². The molecule has 0 aliphatic carbocycles. The molecule has 218 valence electrons. The van der Waals surface area contributed by atoms with Crippen LogP contribution in [0.25, 0.3) is 0 Å². The van der Waals surface area contributed by atoms with Crippen LogP contribution in [0.2, 0.25) is 0 Å². The fourth-order valence-corrected chi connectivity index (χ4v) is 3.25. The molecule has 0 rings (SSSR count). The van der Waals surface area contributed by atoms with Gasteiger partial charge in [0.1, 0.15) is 24.2 Å². The molecule has 0 aromatic heterocycles. The van der Waals surface area contributed by atoms with Crippen molar-refractivity contribution in [2.24, 2.45) is 17.6 Å². The smallest absolute Gasteiger partial charge is 0.328 e. The quantitative estimate of drug-likeness (QED) is 0.0903. The van der Waals surface area contributed by atoms with Crippen LogP contribution in [0.15, 0.2) is 0 Å². The highest BCUT2D eigenvalue weighted by atomic mass is 16.4. The van der Waals surface area contributed by atoms with Crippen LogP contribution in [0.3, 0.4) is 0 Å². The fourth-order valence-electron chi connectivity index (χ4n) is 3.25. The zero-order valence-electron chi connectivity index (χ0n) is 22.3. The number of carboxylic acid groups (broad SMARTS) is 2. The van der Waals surface area contributed by atoms with Crippen LogP contribution in [-0.2, 0) is 28.8 Å². The summed E-state index contributed by atoms with van der Waals surface area (Å²) in [6.45, 7) is 7.20. The van der Waals surface area contributed by atoms with Gasteiger partial charge in [0.05, 0.1) is 25.2 Å². The second-order valence-electron chi connectivity index (χ2n) is 9.57. The predicted octanol–water partition coefficient (Wildman–Crippen LogP) is -2.72. The molecule has 0 bridgehead atoms. The molecule has 38 heavy (non-hydrogen) atoms. The Bertz CT molecular complexity index is 850. The third-order valence-corrected chi connectivity index (χ3v) is 5.77. The zero-order valence-corrected chi connectivity index (χ0v) is 22.3. The summed E-state index contributed by atoms with van der Waals surface area (Å²) < 4.78 is 0. The second-order valence-corrected chi connectivity index (χ2v) is 9.57. The molecule has 0 fully saturated rings. The van der Waals surface area contributed by atoms with Gasteiger partial charge in [0.25, 0.3) is 0 Å². The van der Waals surface area contributed by atoms with Gasteiger partial charge in [0, 0.05) is 0 Å². The number of aliphatic hydroxyl groups is 2. The normalized spacial score (nSPS) is 16.7. The lowest BCUT2D eigenvalue weighted by Crippen LogP contribution is -2.61. The molecule has 0 heterocycles. The number of hydrogen-bond acceptors (Lipinski definition) is 9. The van der Waals surface area contributed by atoms with Gasteiger partial charge in [-0.15, -0.1) is 0 Å². The maximum atomic E-state index is 13.0. The summed E-state index contributed by atoms with van der Waals surface area (Å²) in [5, 5.41) is 46.3. The van der Waals surface area contributed by atoms with Gasteiger partial charge in [-0.2, -0.15) is 0 Å². The maximum Gasteiger partial charge on any atom is 0.328 e. The Morgan fingerprint density at radius 3 is 1.68 bits per heavy atom. The molecule has 0 saturated heterocycles. The standard InChI is InChI=1S/C23H41N5O10/c1-6-11(4)17(24)21(35)26-14(8-16(31)32)19(33)25-13(7-10(2)3)20(34)28-18(12(5)30)22(36)27-15(9-29)23(37)38/h10-15,17-18,29-30H,6-9,24H2,1-5H3,(H,25,33)(H,26,35)(H,27,36)(H,28,34)(H,31,32)(H,37,38)/t11-,12+,13-,14-,15-,17-,18-/m0/s1. The summed E-state index contributed by atoms with van der Waals surface area (Å²) in [4.78, 5) is 73.4. The molecule has 0 aliphatic heterocycles. The molecule has 0 unspecified atom stereocenters. The Balaban J connectivity index is 5.77. The first-order chi connectivity index (χ1) is 17.5. The summed E-state index contributed by atoms with van der Waals surface area (Å²) in [5.41, 5.74) is 5.87. The molecule has 10 N–H and O–H groups in total. The second kappa shape index (κ2) is 16.5. The molecule has 15 heteroatoms. The first kappa shape index (κ1) is 34.7. The van der Waals surface area contributed by atoms with Crippen LogP contribution in [-0.4, -0.2) is 98.9 Å². The van der Waals surface area contributed by atoms with Crippen molar-refractivity contribution in [1.29, 1.82) is 0 Å². The SMILES string of the molecule is CC[C@H](C)[C@H](N)C(=O)N[C@@H](CC(=O)O)C(=O)N[C@@H](CC(C)C)C(=O)N[C@H](C(=O)N[C@@H](CO)C(=O)O)[C@@H](C)O. The van der Waals surface area contributed by atoms with Crippen molar-refractivity contribution >= 4 is 35.6 Å². The third-order valence-electron chi connectivity index (χ3n) is 5.77. The molecule has 0 aromatic carbocycles. The number of aliphatic hydroxyl groups excluding tert-OH is 2. The van der Waals surface area contributed by atoms with Gasteiger partial charge in [-0.3, -0.25) is 24.0 Å². The van der Waals surface area contributed by atoms with Crippen LogP contribution in [0.5, 0.6) is 0 Å². The predicted molar refractivity (Wildman–Crippen MR) is 133 cm³/mol. The van der Waals surface area contributed by atoms with Gasteiger partial charge in [0.15, 0.2) is 0 Å². The average Bonchev–Trinajstić information content (AvgIpc) is 2.82. The van der Waals surface area contributed by atoms with Crippen molar-refractivity contribution in [2.75, 3.05) is 6.61 Å². The van der Waals surface area contributed by atoms with E-state index in [-0.39, 0.29) is 18.3 Å². The van der Waals surface area contributed by atoms with E-state index in [0.29, 0.717) is 6.42 Å². The van der Waals surface area contributed by atoms with Gasteiger partial charge >= 0.3 is 11.9 Å². The number of nitrogens with two attached hydrogens (primary N) is 1. The van der Waals surface area contributed by atoms with Gasteiger partial charge < -0.3 is 47.4 Å². The van der Waals surface area contributed by atoms with Gasteiger partial charge in [-0.25, -0.2) is 4.79 Å². The molecule has 0 aromatic rings. The number of rotatable bonds is 17. The number of hydrogen-bond donors (Lipinski definition) is 9. The first-order valence-corrected chi connectivity index (χ1v) is 12.3. The molecule has 0 radical (unpaired) electrons. The zero-order chi connectivity index (χ0) is 29.7. The summed E-state index contributed by atoms with van der Waals surface area (Å²) >= 11 is 0. The number of amides is 4. The summed E-state index contributed by atoms with van der Waals surface area (Å²) in [6, 6.07) is -7.22. The van der Waals surface area contributed by atoms with Gasteiger partial charge in [-0.05, 0) is 25.2 Å². The van der Waals surface area contributed by atoms with Crippen LogP contribution in [0, 0.1) is 11.8 Å². The van der Waals surface area contributed by atoms with Gasteiger partial charge in [0.2, 0.25) is 23.6 Å². The summed E-state index contributed by atoms with van der Waals surface area (Å²) in [6.07, 6.45) is -1.70. The number of carbonyl (C=O) groups is 6. The van der Waals surface area contributed by atoms with E-state index in [1.807, 2.05) is 5.32 Å². The van der Waals surface area contributed by atoms with E-state index in [1.54, 1.807) is 27.7 Å². The van der Waals surface area contributed by atoms with Crippen molar-refractivity contribution in [2.45, 2.75) is 90.2 Å². The van der Waals surface area contributed by atoms with Crippen molar-refractivity contribution in [3.63, 3.8) is 0 Å². The topological polar surface area (TPSA) is 257 Å². The van der Waals surface area contributed by atoms with E-state index in [1.165, 1.54) is 0 Å². The van der Waals surface area contributed by atoms with E-state index in [2.05, 4.69) is 16.0 Å². The number of carboxylic acids is 2. The minimum absolute atomic E-state index is 0.0280. The Hall–Kier alpha value is -3.30. The Morgan fingerprint density at radius 2 is 1.26 bits per heavy atom. The lowest BCUT2D eigenvalue weighted by molar-refractivity contribution is -0.144. The summed E-state index contributed by atoms with van der Waals surface area (Å²) in [7, 11) is 0. The monoisotopic (exact) mass is 547 g/mol. The average molecular weight is 548 g/mol. The fraction of sp³-hybridized carbons (Fsp3) is 0.739. The molecular formula is C23H41N5O10. The van der Waals surface area contributed by atoms with E-state index in [4.69, 9.17) is 15.9 Å². The lowest BCUT2D eigenvalue weighted by atomic mass is 9.98. The van der Waals surface area contributed by atoms with Crippen molar-refractivity contribution in [3.8, 4) is 0 Å². The van der Waals surface area contributed by atoms with E-state index >= 15 is 0 Å². The highest BCUT2D eigenvalue weighted by Crippen LogP contribution is 2.09. The minimum atomic E-state index is -1.69. The summed E-state index contributed by atoms with van der Waals surface area (Å²) in [5.74, 6) is -7.12. The van der Waals surface area contributed by atoms with Crippen molar-refractivity contribution in [3.05, 3.63) is 0 Å². The van der Waals surface area contributed by atoms with Crippen LogP contribution in [0.1, 0.15) is 53.9 Å². The number of aliphatic carboxylic acids is 2. The van der Waals surface area contributed by atoms with Crippen LogP contribution >= 0.6 is 0 Å². The molecule has 0 spiro atoms. The van der Waals surface area contributed by atoms with E-state index < -0.39 is 84.9 Å². The molecule has 0 aliphatic rings. The Kier molecular flexibility index (Phi) is 15.1. The van der Waals surface area contributed by atoms with E-state index in [9.17, 15) is 39.0 Å². The number of carbonyl (C=O) groups excluding carboxylic acids is 4. The lowest BCUT2D eigenvalue weighted by Gasteiger charge is -2.28. The highest BCUT2D eigenvalue weighted by Gasteiger charge is 2.34. The number of nitrogens with one attached hydrogen (secondary N) is 4. The maximum absolute atomic E-state index is 13.0. The molecule has 0 saturated carbocycles.